The van der Waals surface area contributed by atoms with Crippen LogP contribution in [-0.4, -0.2) is 36.8 Å². The molecule has 0 aliphatic heterocycles. The standard InChI is InChI=1S/C9H16N4O/c1-7(6-14-3)13(2)9-11-5-4-8(10)12-9/h4-5,7H,6H2,1-3H3,(H2,10,11,12). The smallest absolute Gasteiger partial charge is 0.227 e. The van der Waals surface area contributed by atoms with Gasteiger partial charge in [0.1, 0.15) is 5.82 Å². The summed E-state index contributed by atoms with van der Waals surface area (Å²) in [4.78, 5) is 10.2. The van der Waals surface area contributed by atoms with Gasteiger partial charge in [0.15, 0.2) is 0 Å². The molecular formula is C9H16N4O. The van der Waals surface area contributed by atoms with E-state index in [2.05, 4.69) is 9.97 Å². The Balaban J connectivity index is 2.73. The Morgan fingerprint density at radius 3 is 2.93 bits per heavy atom. The first kappa shape index (κ1) is 10.7. The second-order valence-electron chi connectivity index (χ2n) is 3.20. The second-order valence-corrected chi connectivity index (χ2v) is 3.20. The van der Waals surface area contributed by atoms with Crippen molar-refractivity contribution >= 4 is 11.8 Å². The SMILES string of the molecule is COCC(C)N(C)c1nccc(N)n1. The molecule has 1 atom stereocenters. The Labute approximate surface area is 83.9 Å². The van der Waals surface area contributed by atoms with Crippen LogP contribution in [0.3, 0.4) is 0 Å². The van der Waals surface area contributed by atoms with Gasteiger partial charge in [-0.15, -0.1) is 0 Å². The van der Waals surface area contributed by atoms with Gasteiger partial charge in [0.05, 0.1) is 12.6 Å². The number of methoxy groups -OCH3 is 1. The van der Waals surface area contributed by atoms with Crippen molar-refractivity contribution in [3.8, 4) is 0 Å². The summed E-state index contributed by atoms with van der Waals surface area (Å²) in [5, 5.41) is 0. The molecule has 1 heterocycles. The van der Waals surface area contributed by atoms with E-state index >= 15 is 0 Å². The summed E-state index contributed by atoms with van der Waals surface area (Å²) in [6.07, 6.45) is 1.65. The first-order valence-corrected chi connectivity index (χ1v) is 4.45. The number of nitrogens with zero attached hydrogens (tertiary/aromatic N) is 3. The van der Waals surface area contributed by atoms with Crippen LogP contribution in [-0.2, 0) is 4.74 Å². The van der Waals surface area contributed by atoms with Gasteiger partial charge in [-0.3, -0.25) is 0 Å². The highest BCUT2D eigenvalue weighted by atomic mass is 16.5. The predicted octanol–water partition coefficient (Wildman–Crippen LogP) is 0.530. The maximum atomic E-state index is 5.56. The number of ether oxygens (including phenoxy) is 1. The fraction of sp³-hybridized carbons (Fsp3) is 0.556. The maximum absolute atomic E-state index is 5.56. The van der Waals surface area contributed by atoms with Crippen LogP contribution in [0.1, 0.15) is 6.92 Å². The molecule has 14 heavy (non-hydrogen) atoms. The van der Waals surface area contributed by atoms with E-state index in [1.165, 1.54) is 0 Å². The van der Waals surface area contributed by atoms with E-state index in [1.807, 2.05) is 18.9 Å². The van der Waals surface area contributed by atoms with Gasteiger partial charge in [-0.05, 0) is 13.0 Å². The molecule has 0 amide bonds. The van der Waals surface area contributed by atoms with E-state index in [4.69, 9.17) is 10.5 Å². The Hall–Kier alpha value is -1.36. The zero-order valence-electron chi connectivity index (χ0n) is 8.77. The number of hydrogen-bond acceptors (Lipinski definition) is 5. The molecule has 0 bridgehead atoms. The highest BCUT2D eigenvalue weighted by molar-refractivity contribution is 5.37. The van der Waals surface area contributed by atoms with Crippen LogP contribution in [0.25, 0.3) is 0 Å². The molecule has 78 valence electrons. The number of nitrogens with two attached hydrogens (primary N) is 1. The molecule has 5 heteroatoms. The lowest BCUT2D eigenvalue weighted by Gasteiger charge is -2.23. The zero-order chi connectivity index (χ0) is 10.6. The highest BCUT2D eigenvalue weighted by Crippen LogP contribution is 2.09. The van der Waals surface area contributed by atoms with Crippen molar-refractivity contribution < 1.29 is 4.74 Å². The van der Waals surface area contributed by atoms with Crippen molar-refractivity contribution in [2.24, 2.45) is 0 Å². The molecule has 0 radical (unpaired) electrons. The van der Waals surface area contributed by atoms with E-state index < -0.39 is 0 Å². The molecule has 0 saturated heterocycles. The van der Waals surface area contributed by atoms with Crippen molar-refractivity contribution in [2.75, 3.05) is 31.4 Å². The lowest BCUT2D eigenvalue weighted by atomic mass is 10.3. The second kappa shape index (κ2) is 4.76. The minimum absolute atomic E-state index is 0.224. The molecule has 0 saturated carbocycles. The lowest BCUT2D eigenvalue weighted by molar-refractivity contribution is 0.183. The van der Waals surface area contributed by atoms with Crippen molar-refractivity contribution in [1.29, 1.82) is 0 Å². The quantitative estimate of drug-likeness (QED) is 0.761. The molecule has 1 aromatic heterocycles. The Morgan fingerprint density at radius 1 is 1.64 bits per heavy atom. The van der Waals surface area contributed by atoms with E-state index in [0.29, 0.717) is 18.4 Å². The maximum Gasteiger partial charge on any atom is 0.227 e. The molecule has 2 N–H and O–H groups in total. The van der Waals surface area contributed by atoms with Gasteiger partial charge >= 0.3 is 0 Å². The van der Waals surface area contributed by atoms with E-state index in [-0.39, 0.29) is 6.04 Å². The molecule has 0 aromatic carbocycles. The average molecular weight is 196 g/mol. The fourth-order valence-corrected chi connectivity index (χ4v) is 1.08. The van der Waals surface area contributed by atoms with Gasteiger partial charge in [0, 0.05) is 20.4 Å². The molecule has 0 aliphatic rings. The van der Waals surface area contributed by atoms with E-state index in [0.717, 1.165) is 0 Å². The number of aromatic nitrogens is 2. The number of anilines is 2. The van der Waals surface area contributed by atoms with Crippen LogP contribution in [0, 0.1) is 0 Å². The van der Waals surface area contributed by atoms with Crippen LogP contribution < -0.4 is 10.6 Å². The topological polar surface area (TPSA) is 64.3 Å². The average Bonchev–Trinajstić information content (AvgIpc) is 2.17. The summed E-state index contributed by atoms with van der Waals surface area (Å²) >= 11 is 0. The zero-order valence-corrected chi connectivity index (χ0v) is 8.77. The monoisotopic (exact) mass is 196 g/mol. The third-order valence-electron chi connectivity index (χ3n) is 2.05. The number of hydrogen-bond donors (Lipinski definition) is 1. The number of rotatable bonds is 4. The van der Waals surface area contributed by atoms with Crippen LogP contribution in [0.5, 0.6) is 0 Å². The summed E-state index contributed by atoms with van der Waals surface area (Å²) in [5.41, 5.74) is 5.56. The summed E-state index contributed by atoms with van der Waals surface area (Å²) < 4.78 is 5.05. The predicted molar refractivity (Wildman–Crippen MR) is 56.2 cm³/mol. The van der Waals surface area contributed by atoms with E-state index in [9.17, 15) is 0 Å². The van der Waals surface area contributed by atoms with Crippen molar-refractivity contribution in [2.45, 2.75) is 13.0 Å². The molecule has 0 aliphatic carbocycles. The Bertz CT molecular complexity index is 292. The van der Waals surface area contributed by atoms with Crippen LogP contribution >= 0.6 is 0 Å². The molecule has 1 unspecified atom stereocenters. The van der Waals surface area contributed by atoms with Crippen molar-refractivity contribution in [3.05, 3.63) is 12.3 Å². The largest absolute Gasteiger partial charge is 0.384 e. The molecule has 0 fully saturated rings. The number of likely N-dealkylation sites (N-methyl/N-ethyl adjacent to an activating group) is 1. The van der Waals surface area contributed by atoms with Crippen molar-refractivity contribution in [3.63, 3.8) is 0 Å². The minimum Gasteiger partial charge on any atom is -0.384 e. The molecule has 5 nitrogen and oxygen atoms in total. The van der Waals surface area contributed by atoms with Gasteiger partial charge in [0.25, 0.3) is 0 Å². The van der Waals surface area contributed by atoms with Gasteiger partial charge < -0.3 is 15.4 Å². The molecule has 1 rings (SSSR count). The summed E-state index contributed by atoms with van der Waals surface area (Å²) in [7, 11) is 3.59. The Morgan fingerprint density at radius 2 is 2.36 bits per heavy atom. The summed E-state index contributed by atoms with van der Waals surface area (Å²) in [6, 6.07) is 1.89. The van der Waals surface area contributed by atoms with Crippen LogP contribution in [0.15, 0.2) is 12.3 Å². The third kappa shape index (κ3) is 2.56. The first-order valence-electron chi connectivity index (χ1n) is 4.45. The van der Waals surface area contributed by atoms with Gasteiger partial charge in [-0.2, -0.15) is 4.98 Å². The highest BCUT2D eigenvalue weighted by Gasteiger charge is 2.11. The van der Waals surface area contributed by atoms with Gasteiger partial charge in [0.2, 0.25) is 5.95 Å². The normalized spacial score (nSPS) is 12.5. The van der Waals surface area contributed by atoms with Crippen molar-refractivity contribution in [1.82, 2.24) is 9.97 Å². The molecular weight excluding hydrogens is 180 g/mol. The van der Waals surface area contributed by atoms with Crippen LogP contribution in [0.4, 0.5) is 11.8 Å². The molecule has 1 aromatic rings. The van der Waals surface area contributed by atoms with Gasteiger partial charge in [-0.25, -0.2) is 4.98 Å². The summed E-state index contributed by atoms with van der Waals surface area (Å²) in [5.74, 6) is 1.10. The van der Waals surface area contributed by atoms with Crippen LogP contribution in [0.2, 0.25) is 0 Å². The Kier molecular flexibility index (Phi) is 3.64. The first-order chi connectivity index (χ1) is 6.65. The van der Waals surface area contributed by atoms with Gasteiger partial charge in [-0.1, -0.05) is 0 Å². The number of nitrogen functional groups attached to an aromatic ring is 1. The summed E-state index contributed by atoms with van der Waals surface area (Å²) in [6.45, 7) is 2.67. The lowest BCUT2D eigenvalue weighted by Crippen LogP contribution is -2.33. The molecule has 0 spiro atoms. The minimum atomic E-state index is 0.224. The third-order valence-corrected chi connectivity index (χ3v) is 2.05. The fourth-order valence-electron chi connectivity index (χ4n) is 1.08. The van der Waals surface area contributed by atoms with E-state index in [1.54, 1.807) is 19.4 Å².